The quantitative estimate of drug-likeness (QED) is 0.517. The summed E-state index contributed by atoms with van der Waals surface area (Å²) in [5.74, 6) is 0.0954. The third-order valence-electron chi connectivity index (χ3n) is 5.18. The smallest absolute Gasteiger partial charge is 0.286 e. The Labute approximate surface area is 204 Å². The van der Waals surface area contributed by atoms with Gasteiger partial charge in [-0.1, -0.05) is 39.1 Å². The van der Waals surface area contributed by atoms with E-state index in [1.54, 1.807) is 30.1 Å². The molecule has 32 heavy (non-hydrogen) atoms. The molecule has 1 fully saturated rings. The number of hydrazine groups is 1. The summed E-state index contributed by atoms with van der Waals surface area (Å²) >= 11 is 16.0. The van der Waals surface area contributed by atoms with Crippen LogP contribution in [0.1, 0.15) is 16.2 Å². The van der Waals surface area contributed by atoms with Crippen LogP contribution in [0.4, 0.5) is 0 Å². The molecule has 0 bridgehead atoms. The molecule has 0 atom stereocenters. The first-order valence-electron chi connectivity index (χ1n) is 9.72. The lowest BCUT2D eigenvalue weighted by atomic mass is 10.2. The average Bonchev–Trinajstić information content (AvgIpc) is 3.07. The summed E-state index contributed by atoms with van der Waals surface area (Å²) in [5.41, 5.74) is 5.07. The molecule has 0 aliphatic carbocycles. The van der Waals surface area contributed by atoms with E-state index in [1.807, 2.05) is 28.8 Å². The number of benzene rings is 2. The Morgan fingerprint density at radius 2 is 1.75 bits per heavy atom. The lowest BCUT2D eigenvalue weighted by Crippen LogP contribution is -2.50. The van der Waals surface area contributed by atoms with E-state index < -0.39 is 15.7 Å². The van der Waals surface area contributed by atoms with Crippen LogP contribution in [-0.2, 0) is 9.84 Å². The zero-order valence-electron chi connectivity index (χ0n) is 17.0. The third-order valence-corrected chi connectivity index (χ3v) is 7.87. The maximum absolute atomic E-state index is 13.1. The largest absolute Gasteiger partial charge is 0.296 e. The molecule has 2 heterocycles. The summed E-state index contributed by atoms with van der Waals surface area (Å²) in [5, 5.41) is 2.51. The van der Waals surface area contributed by atoms with Crippen molar-refractivity contribution in [3.8, 4) is 17.1 Å². The van der Waals surface area contributed by atoms with Gasteiger partial charge in [0.1, 0.15) is 5.82 Å². The molecule has 1 saturated heterocycles. The summed E-state index contributed by atoms with van der Waals surface area (Å²) in [7, 11) is -3.05. The van der Waals surface area contributed by atoms with Gasteiger partial charge in [-0.3, -0.25) is 14.8 Å². The van der Waals surface area contributed by atoms with Crippen molar-refractivity contribution >= 4 is 54.9 Å². The Hall–Kier alpha value is -1.91. The molecule has 0 radical (unpaired) electrons. The molecular weight excluding hydrogens is 539 g/mol. The molecule has 4 rings (SSSR count). The number of hydrogen-bond acceptors (Lipinski definition) is 5. The predicted molar refractivity (Wildman–Crippen MR) is 129 cm³/mol. The topological polar surface area (TPSA) is 84.3 Å². The molecule has 3 aromatic rings. The van der Waals surface area contributed by atoms with E-state index in [1.165, 1.54) is 0 Å². The van der Waals surface area contributed by atoms with Crippen LogP contribution >= 0.6 is 39.1 Å². The highest BCUT2D eigenvalue weighted by Crippen LogP contribution is 2.33. The second-order valence-corrected chi connectivity index (χ2v) is 11.4. The van der Waals surface area contributed by atoms with E-state index in [0.717, 1.165) is 10.2 Å². The van der Waals surface area contributed by atoms with Gasteiger partial charge in [0.25, 0.3) is 5.91 Å². The summed E-state index contributed by atoms with van der Waals surface area (Å²) in [4.78, 5) is 17.7. The minimum absolute atomic E-state index is 0.00519. The SMILES string of the molecule is Cc1c(C(=O)NN2CCS(=O)(=O)CC2)nc(-c2ccc(Cl)cc2Cl)n1-c1ccc(Br)cc1. The molecule has 0 saturated carbocycles. The molecule has 0 spiro atoms. The number of hydrogen-bond donors (Lipinski definition) is 1. The minimum Gasteiger partial charge on any atom is -0.296 e. The number of amides is 1. The van der Waals surface area contributed by atoms with Gasteiger partial charge in [-0.05, 0) is 49.4 Å². The van der Waals surface area contributed by atoms with Crippen LogP contribution in [0.15, 0.2) is 46.9 Å². The fourth-order valence-electron chi connectivity index (χ4n) is 3.50. The van der Waals surface area contributed by atoms with Gasteiger partial charge in [0.05, 0.1) is 22.2 Å². The van der Waals surface area contributed by atoms with Gasteiger partial charge in [-0.15, -0.1) is 0 Å². The third kappa shape index (κ3) is 4.87. The van der Waals surface area contributed by atoms with Crippen molar-refractivity contribution in [3.63, 3.8) is 0 Å². The number of sulfone groups is 1. The van der Waals surface area contributed by atoms with Gasteiger partial charge >= 0.3 is 0 Å². The van der Waals surface area contributed by atoms with Crippen molar-refractivity contribution in [1.82, 2.24) is 20.0 Å². The molecule has 7 nitrogen and oxygen atoms in total. The van der Waals surface area contributed by atoms with E-state index in [2.05, 4.69) is 26.3 Å². The van der Waals surface area contributed by atoms with Crippen LogP contribution in [0.3, 0.4) is 0 Å². The van der Waals surface area contributed by atoms with Gasteiger partial charge in [-0.25, -0.2) is 18.4 Å². The first-order valence-corrected chi connectivity index (χ1v) is 13.1. The number of nitrogens with zero attached hydrogens (tertiary/aromatic N) is 3. The number of carbonyl (C=O) groups excluding carboxylic acids is 1. The van der Waals surface area contributed by atoms with Crippen molar-refractivity contribution in [2.24, 2.45) is 0 Å². The number of aromatic nitrogens is 2. The highest BCUT2D eigenvalue weighted by molar-refractivity contribution is 9.10. The molecular formula is C21H19BrCl2N4O3S. The number of nitrogens with one attached hydrogen (secondary N) is 1. The van der Waals surface area contributed by atoms with Crippen molar-refractivity contribution in [2.45, 2.75) is 6.92 Å². The summed E-state index contributed by atoms with van der Waals surface area (Å²) in [6.07, 6.45) is 0. The molecule has 1 aliphatic heterocycles. The van der Waals surface area contributed by atoms with Crippen molar-refractivity contribution in [3.05, 3.63) is 68.4 Å². The molecule has 1 amide bonds. The van der Waals surface area contributed by atoms with Crippen molar-refractivity contribution < 1.29 is 13.2 Å². The number of imidazole rings is 1. The van der Waals surface area contributed by atoms with Gasteiger partial charge in [0.15, 0.2) is 15.5 Å². The maximum atomic E-state index is 13.1. The van der Waals surface area contributed by atoms with Gasteiger partial charge in [0.2, 0.25) is 0 Å². The van der Waals surface area contributed by atoms with Gasteiger partial charge in [-0.2, -0.15) is 0 Å². The molecule has 1 aromatic heterocycles. The van der Waals surface area contributed by atoms with Crippen LogP contribution in [0, 0.1) is 6.92 Å². The fourth-order valence-corrected chi connectivity index (χ4v) is 5.45. The van der Waals surface area contributed by atoms with Gasteiger partial charge in [0, 0.05) is 33.8 Å². The van der Waals surface area contributed by atoms with Crippen molar-refractivity contribution in [1.29, 1.82) is 0 Å². The van der Waals surface area contributed by atoms with Crippen LogP contribution in [0.25, 0.3) is 17.1 Å². The predicted octanol–water partition coefficient (Wildman–Crippen LogP) is 4.29. The molecule has 1 N–H and O–H groups in total. The Balaban J connectivity index is 1.75. The molecule has 2 aromatic carbocycles. The Morgan fingerprint density at radius 3 is 2.38 bits per heavy atom. The first kappa shape index (κ1) is 23.3. The van der Waals surface area contributed by atoms with Crippen LogP contribution in [0.2, 0.25) is 10.0 Å². The molecule has 0 unspecified atom stereocenters. The van der Waals surface area contributed by atoms with E-state index in [0.29, 0.717) is 27.1 Å². The summed E-state index contributed by atoms with van der Waals surface area (Å²) in [6, 6.07) is 12.7. The highest BCUT2D eigenvalue weighted by atomic mass is 79.9. The van der Waals surface area contributed by atoms with Crippen molar-refractivity contribution in [2.75, 3.05) is 24.6 Å². The highest BCUT2D eigenvalue weighted by Gasteiger charge is 2.27. The van der Waals surface area contributed by atoms with E-state index in [9.17, 15) is 13.2 Å². The monoisotopic (exact) mass is 556 g/mol. The average molecular weight is 558 g/mol. The summed E-state index contributed by atoms with van der Waals surface area (Å²) in [6.45, 7) is 2.27. The van der Waals surface area contributed by atoms with Crippen LogP contribution in [0.5, 0.6) is 0 Å². The van der Waals surface area contributed by atoms with E-state index in [4.69, 9.17) is 23.2 Å². The normalized spacial score (nSPS) is 16.1. The lowest BCUT2D eigenvalue weighted by molar-refractivity contribution is 0.0796. The Kier molecular flexibility index (Phi) is 6.65. The first-order chi connectivity index (χ1) is 15.1. The van der Waals surface area contributed by atoms with Crippen LogP contribution < -0.4 is 5.43 Å². The van der Waals surface area contributed by atoms with Crippen LogP contribution in [-0.4, -0.2) is 53.5 Å². The number of carbonyl (C=O) groups is 1. The second-order valence-electron chi connectivity index (χ2n) is 7.39. The van der Waals surface area contributed by atoms with E-state index >= 15 is 0 Å². The lowest BCUT2D eigenvalue weighted by Gasteiger charge is -2.26. The molecule has 1 aliphatic rings. The molecule has 168 valence electrons. The number of rotatable bonds is 4. The zero-order valence-corrected chi connectivity index (χ0v) is 20.9. The standard InChI is InChI=1S/C21H19BrCl2N4O3S/c1-13-19(21(29)26-27-8-10-32(30,31)11-9-27)25-20(17-7-4-15(23)12-18(17)24)28(13)16-5-2-14(22)3-6-16/h2-7,12H,8-11H2,1H3,(H,26,29). The van der Waals surface area contributed by atoms with E-state index in [-0.39, 0.29) is 30.3 Å². The zero-order chi connectivity index (χ0) is 23.0. The Morgan fingerprint density at radius 1 is 1.09 bits per heavy atom. The second kappa shape index (κ2) is 9.15. The maximum Gasteiger partial charge on any atom is 0.286 e. The fraction of sp³-hybridized carbons (Fsp3) is 0.238. The Bertz CT molecular complexity index is 1280. The van der Waals surface area contributed by atoms with Gasteiger partial charge < -0.3 is 0 Å². The summed E-state index contributed by atoms with van der Waals surface area (Å²) < 4.78 is 26.1. The molecule has 11 heteroatoms. The minimum atomic E-state index is -3.05. The number of halogens is 3.